The van der Waals surface area contributed by atoms with Crippen LogP contribution in [0.2, 0.25) is 5.02 Å². The molecule has 0 saturated carbocycles. The summed E-state index contributed by atoms with van der Waals surface area (Å²) >= 11 is 7.37. The first-order valence-electron chi connectivity index (χ1n) is 8.62. The maximum absolute atomic E-state index is 12.1. The molecule has 3 rings (SSSR count). The van der Waals surface area contributed by atoms with Gasteiger partial charge in [0.15, 0.2) is 11.0 Å². The third kappa shape index (κ3) is 4.87. The van der Waals surface area contributed by atoms with Crippen molar-refractivity contribution in [2.75, 3.05) is 5.75 Å². The number of hydrogen-bond acceptors (Lipinski definition) is 5. The number of hydrogen-bond donors (Lipinski definition) is 1. The van der Waals surface area contributed by atoms with Crippen LogP contribution in [-0.2, 0) is 4.79 Å². The van der Waals surface area contributed by atoms with Crippen molar-refractivity contribution in [3.63, 3.8) is 0 Å². The normalized spacial score (nSPS) is 12.0. The number of nitrogens with one attached hydrogen (secondary N) is 1. The van der Waals surface area contributed by atoms with E-state index < -0.39 is 0 Å². The van der Waals surface area contributed by atoms with E-state index in [-0.39, 0.29) is 17.7 Å². The minimum absolute atomic E-state index is 0.0251. The zero-order valence-electron chi connectivity index (χ0n) is 15.1. The molecule has 3 aromatic rings. The first-order valence-corrected chi connectivity index (χ1v) is 9.98. The Balaban J connectivity index is 1.91. The largest absolute Gasteiger partial charge is 0.353 e. The summed E-state index contributed by atoms with van der Waals surface area (Å²) in [5.74, 6) is 0.904. The van der Waals surface area contributed by atoms with Gasteiger partial charge in [-0.3, -0.25) is 14.3 Å². The van der Waals surface area contributed by atoms with Crippen molar-refractivity contribution in [1.29, 1.82) is 0 Å². The lowest BCUT2D eigenvalue weighted by molar-refractivity contribution is -0.119. The fourth-order valence-corrected chi connectivity index (χ4v) is 3.31. The van der Waals surface area contributed by atoms with Gasteiger partial charge in [0.25, 0.3) is 0 Å². The number of carbonyl (C=O) groups is 1. The van der Waals surface area contributed by atoms with Gasteiger partial charge in [0.2, 0.25) is 5.91 Å². The Morgan fingerprint density at radius 2 is 2.04 bits per heavy atom. The van der Waals surface area contributed by atoms with Crippen LogP contribution >= 0.6 is 23.4 Å². The van der Waals surface area contributed by atoms with Gasteiger partial charge in [-0.25, -0.2) is 0 Å². The molecule has 0 radical (unpaired) electrons. The van der Waals surface area contributed by atoms with Gasteiger partial charge in [-0.05, 0) is 49.7 Å². The van der Waals surface area contributed by atoms with Crippen LogP contribution in [0.1, 0.15) is 20.3 Å². The van der Waals surface area contributed by atoms with Gasteiger partial charge >= 0.3 is 0 Å². The molecule has 2 heterocycles. The number of nitrogens with zero attached hydrogens (tertiary/aromatic N) is 4. The van der Waals surface area contributed by atoms with E-state index in [1.165, 1.54) is 11.8 Å². The van der Waals surface area contributed by atoms with Crippen LogP contribution in [-0.4, -0.2) is 37.5 Å². The van der Waals surface area contributed by atoms with Gasteiger partial charge in [0, 0.05) is 34.7 Å². The molecule has 2 aromatic heterocycles. The van der Waals surface area contributed by atoms with Gasteiger partial charge in [-0.2, -0.15) is 0 Å². The second-order valence-electron chi connectivity index (χ2n) is 6.03. The summed E-state index contributed by atoms with van der Waals surface area (Å²) in [6, 6.07) is 11.3. The number of benzene rings is 1. The van der Waals surface area contributed by atoms with Crippen LogP contribution in [0.25, 0.3) is 17.1 Å². The van der Waals surface area contributed by atoms with E-state index in [0.29, 0.717) is 16.0 Å². The maximum atomic E-state index is 12.1. The molecule has 0 saturated heterocycles. The third-order valence-electron chi connectivity index (χ3n) is 3.99. The molecular weight excluding hydrogens is 382 g/mol. The minimum atomic E-state index is -0.0251. The molecule has 8 heteroatoms. The van der Waals surface area contributed by atoms with E-state index in [2.05, 4.69) is 20.5 Å². The van der Waals surface area contributed by atoms with Crippen LogP contribution in [0.4, 0.5) is 0 Å². The Kier molecular flexibility index (Phi) is 6.47. The Hall–Kier alpha value is -2.38. The van der Waals surface area contributed by atoms with Crippen molar-refractivity contribution in [3.8, 4) is 17.1 Å². The fourth-order valence-electron chi connectivity index (χ4n) is 2.42. The summed E-state index contributed by atoms with van der Waals surface area (Å²) in [5, 5.41) is 12.9. The number of pyridine rings is 1. The monoisotopic (exact) mass is 401 g/mol. The van der Waals surface area contributed by atoms with Crippen molar-refractivity contribution >= 4 is 29.3 Å². The van der Waals surface area contributed by atoms with Crippen molar-refractivity contribution in [1.82, 2.24) is 25.1 Å². The van der Waals surface area contributed by atoms with Crippen LogP contribution in [0.15, 0.2) is 53.9 Å². The number of amides is 1. The molecule has 1 atom stereocenters. The van der Waals surface area contributed by atoms with E-state index in [0.717, 1.165) is 17.7 Å². The fraction of sp³-hybridized carbons (Fsp3) is 0.263. The van der Waals surface area contributed by atoms with E-state index in [4.69, 9.17) is 11.6 Å². The second kappa shape index (κ2) is 9.01. The molecule has 0 spiro atoms. The minimum Gasteiger partial charge on any atom is -0.353 e. The lowest BCUT2D eigenvalue weighted by atomic mass is 10.2. The second-order valence-corrected chi connectivity index (χ2v) is 7.40. The number of rotatable bonds is 7. The van der Waals surface area contributed by atoms with E-state index in [1.54, 1.807) is 12.4 Å². The van der Waals surface area contributed by atoms with Crippen molar-refractivity contribution in [3.05, 3.63) is 53.8 Å². The maximum Gasteiger partial charge on any atom is 0.230 e. The number of halogens is 1. The van der Waals surface area contributed by atoms with Crippen molar-refractivity contribution < 1.29 is 4.79 Å². The Morgan fingerprint density at radius 3 is 2.70 bits per heavy atom. The smallest absolute Gasteiger partial charge is 0.230 e. The topological polar surface area (TPSA) is 72.7 Å². The highest BCUT2D eigenvalue weighted by atomic mass is 35.5. The van der Waals surface area contributed by atoms with Crippen LogP contribution in [0, 0.1) is 0 Å². The van der Waals surface area contributed by atoms with E-state index in [9.17, 15) is 4.79 Å². The predicted octanol–water partition coefficient (Wildman–Crippen LogP) is 3.99. The molecule has 1 aromatic carbocycles. The van der Waals surface area contributed by atoms with E-state index >= 15 is 0 Å². The SMILES string of the molecule is CC[C@H](C)NC(=O)CSc1nnc(-c2cccnc2)n1-c1ccc(Cl)cc1. The Morgan fingerprint density at radius 1 is 1.26 bits per heavy atom. The summed E-state index contributed by atoms with van der Waals surface area (Å²) in [5.41, 5.74) is 1.71. The third-order valence-corrected chi connectivity index (χ3v) is 5.17. The van der Waals surface area contributed by atoms with Crippen LogP contribution in [0.3, 0.4) is 0 Å². The number of aromatic nitrogens is 4. The first kappa shape index (κ1) is 19.4. The average molecular weight is 402 g/mol. The molecule has 140 valence electrons. The molecule has 0 aliphatic carbocycles. The summed E-state index contributed by atoms with van der Waals surface area (Å²) in [6.45, 7) is 4.02. The van der Waals surface area contributed by atoms with Gasteiger partial charge in [0.1, 0.15) is 0 Å². The molecular formula is C19H20ClN5OS. The van der Waals surface area contributed by atoms with Gasteiger partial charge < -0.3 is 5.32 Å². The summed E-state index contributed by atoms with van der Waals surface area (Å²) < 4.78 is 1.91. The molecule has 1 amide bonds. The Bertz CT molecular complexity index is 898. The average Bonchev–Trinajstić information content (AvgIpc) is 3.11. The van der Waals surface area contributed by atoms with Gasteiger partial charge in [-0.1, -0.05) is 30.3 Å². The highest BCUT2D eigenvalue weighted by Gasteiger charge is 2.17. The number of thioether (sulfide) groups is 1. The highest BCUT2D eigenvalue weighted by Crippen LogP contribution is 2.28. The van der Waals surface area contributed by atoms with Crippen molar-refractivity contribution in [2.24, 2.45) is 0 Å². The standard InChI is InChI=1S/C19H20ClN5OS/c1-3-13(2)22-17(26)12-27-19-24-23-18(14-5-4-10-21-11-14)25(19)16-8-6-15(20)7-9-16/h4-11,13H,3,12H2,1-2H3,(H,22,26)/t13-/m0/s1. The quantitative estimate of drug-likeness (QED) is 0.606. The molecule has 0 aliphatic heterocycles. The molecule has 0 fully saturated rings. The first-order chi connectivity index (χ1) is 13.1. The molecule has 27 heavy (non-hydrogen) atoms. The summed E-state index contributed by atoms with van der Waals surface area (Å²) in [7, 11) is 0. The van der Waals surface area contributed by atoms with Gasteiger partial charge in [-0.15, -0.1) is 10.2 Å². The predicted molar refractivity (Wildman–Crippen MR) is 108 cm³/mol. The lowest BCUT2D eigenvalue weighted by Crippen LogP contribution is -2.33. The van der Waals surface area contributed by atoms with Crippen molar-refractivity contribution in [2.45, 2.75) is 31.5 Å². The zero-order chi connectivity index (χ0) is 19.2. The van der Waals surface area contributed by atoms with Crippen LogP contribution < -0.4 is 5.32 Å². The zero-order valence-corrected chi connectivity index (χ0v) is 16.7. The lowest BCUT2D eigenvalue weighted by Gasteiger charge is -2.12. The van der Waals surface area contributed by atoms with E-state index in [1.807, 2.05) is 54.8 Å². The molecule has 6 nitrogen and oxygen atoms in total. The molecule has 1 N–H and O–H groups in total. The summed E-state index contributed by atoms with van der Waals surface area (Å²) in [4.78, 5) is 16.3. The highest BCUT2D eigenvalue weighted by molar-refractivity contribution is 7.99. The van der Waals surface area contributed by atoms with Crippen LogP contribution in [0.5, 0.6) is 0 Å². The summed E-state index contributed by atoms with van der Waals surface area (Å²) in [6.07, 6.45) is 4.34. The van der Waals surface area contributed by atoms with Gasteiger partial charge in [0.05, 0.1) is 5.75 Å². The molecule has 0 aliphatic rings. The molecule has 0 unspecified atom stereocenters. The Labute approximate surface area is 167 Å². The molecule has 0 bridgehead atoms. The number of carbonyl (C=O) groups excluding carboxylic acids is 1.